The van der Waals surface area contributed by atoms with E-state index < -0.39 is 12.0 Å². The summed E-state index contributed by atoms with van der Waals surface area (Å²) in [5.74, 6) is 0.0804. The Bertz CT molecular complexity index is 1670. The van der Waals surface area contributed by atoms with Gasteiger partial charge in [-0.25, -0.2) is 9.79 Å². The standard InChI is InChI=1S/C29H23ClN2O4S/c1-3-36-28(34)24-25(18-10-6-4-7-11-18)31-29-32(26(24)19-12-8-5-9-13-19)27(33)23(37-29)17-20-16-21(30)14-15-22(20)35-2/h4-17,26H,3H2,1-2H3/b23-17-/t26-/m1/s1. The summed E-state index contributed by atoms with van der Waals surface area (Å²) in [5, 5.41) is 0.526. The Balaban J connectivity index is 1.83. The molecular formula is C29H23ClN2O4S. The van der Waals surface area contributed by atoms with Gasteiger partial charge in [0.1, 0.15) is 5.75 Å². The number of aromatic nitrogens is 1. The average Bonchev–Trinajstić information content (AvgIpc) is 3.23. The van der Waals surface area contributed by atoms with Crippen LogP contribution in [0, 0.1) is 0 Å². The highest BCUT2D eigenvalue weighted by atomic mass is 35.5. The third kappa shape index (κ3) is 4.75. The number of esters is 1. The summed E-state index contributed by atoms with van der Waals surface area (Å²) in [4.78, 5) is 32.6. The third-order valence-corrected chi connectivity index (χ3v) is 7.19. The molecule has 0 N–H and O–H groups in total. The van der Waals surface area contributed by atoms with E-state index in [9.17, 15) is 9.59 Å². The number of benzene rings is 3. The highest BCUT2D eigenvalue weighted by molar-refractivity contribution is 7.07. The monoisotopic (exact) mass is 530 g/mol. The molecule has 8 heteroatoms. The lowest BCUT2D eigenvalue weighted by molar-refractivity contribution is -0.138. The van der Waals surface area contributed by atoms with Crippen molar-refractivity contribution in [1.29, 1.82) is 0 Å². The predicted octanol–water partition coefficient (Wildman–Crippen LogP) is 4.60. The minimum absolute atomic E-state index is 0.199. The summed E-state index contributed by atoms with van der Waals surface area (Å²) in [6, 6.07) is 23.4. The number of ether oxygens (including phenoxy) is 2. The molecule has 186 valence electrons. The van der Waals surface area contributed by atoms with Crippen LogP contribution in [0.4, 0.5) is 0 Å². The maximum Gasteiger partial charge on any atom is 0.338 e. The SMILES string of the molecule is CCOC(=O)C1=C(c2ccccc2)N=c2s/c(=C\c3cc(Cl)ccc3OC)c(=O)n2[C@@H]1c1ccccc1. The zero-order valence-corrected chi connectivity index (χ0v) is 21.8. The van der Waals surface area contributed by atoms with E-state index in [1.807, 2.05) is 60.7 Å². The maximum absolute atomic E-state index is 13.9. The van der Waals surface area contributed by atoms with Gasteiger partial charge in [0, 0.05) is 16.1 Å². The van der Waals surface area contributed by atoms with Crippen LogP contribution in [0.2, 0.25) is 5.02 Å². The molecule has 0 bridgehead atoms. The molecule has 1 aliphatic rings. The molecule has 0 amide bonds. The molecule has 4 aromatic rings. The van der Waals surface area contributed by atoms with Crippen molar-refractivity contribution < 1.29 is 14.3 Å². The summed E-state index contributed by atoms with van der Waals surface area (Å²) in [5.41, 5.74) is 2.75. The zero-order chi connectivity index (χ0) is 25.9. The van der Waals surface area contributed by atoms with Gasteiger partial charge in [-0.2, -0.15) is 0 Å². The second-order valence-electron chi connectivity index (χ2n) is 8.23. The van der Waals surface area contributed by atoms with Crippen molar-refractivity contribution in [2.45, 2.75) is 13.0 Å². The van der Waals surface area contributed by atoms with Gasteiger partial charge in [0.2, 0.25) is 0 Å². The van der Waals surface area contributed by atoms with Crippen LogP contribution in [0.15, 0.2) is 94.2 Å². The van der Waals surface area contributed by atoms with E-state index in [0.29, 0.717) is 36.9 Å². The molecule has 37 heavy (non-hydrogen) atoms. The van der Waals surface area contributed by atoms with Crippen molar-refractivity contribution in [1.82, 2.24) is 4.57 Å². The number of hydrogen-bond donors (Lipinski definition) is 0. The van der Waals surface area contributed by atoms with Gasteiger partial charge in [0.05, 0.1) is 35.6 Å². The Kier molecular flexibility index (Phi) is 7.08. The van der Waals surface area contributed by atoms with E-state index in [4.69, 9.17) is 26.1 Å². The van der Waals surface area contributed by atoms with Crippen molar-refractivity contribution in [3.63, 3.8) is 0 Å². The molecular weight excluding hydrogens is 508 g/mol. The molecule has 2 heterocycles. The lowest BCUT2D eigenvalue weighted by Crippen LogP contribution is -2.40. The number of hydrogen-bond acceptors (Lipinski definition) is 6. The largest absolute Gasteiger partial charge is 0.496 e. The van der Waals surface area contributed by atoms with Crippen LogP contribution < -0.4 is 19.6 Å². The first-order valence-corrected chi connectivity index (χ1v) is 12.9. The fraction of sp³-hybridized carbons (Fsp3) is 0.138. The molecule has 6 nitrogen and oxygen atoms in total. The molecule has 1 aromatic heterocycles. The van der Waals surface area contributed by atoms with Crippen molar-refractivity contribution >= 4 is 40.7 Å². The first kappa shape index (κ1) is 24.7. The summed E-state index contributed by atoms with van der Waals surface area (Å²) in [6.07, 6.45) is 1.74. The minimum Gasteiger partial charge on any atom is -0.496 e. The summed E-state index contributed by atoms with van der Waals surface area (Å²) in [6.45, 7) is 1.96. The topological polar surface area (TPSA) is 69.9 Å². The molecule has 3 aromatic carbocycles. The molecule has 0 aliphatic carbocycles. The molecule has 1 atom stereocenters. The quantitative estimate of drug-likeness (QED) is 0.342. The van der Waals surface area contributed by atoms with Gasteiger partial charge in [-0.3, -0.25) is 9.36 Å². The Morgan fingerprint density at radius 1 is 1.08 bits per heavy atom. The minimum atomic E-state index is -0.713. The second kappa shape index (κ2) is 10.6. The van der Waals surface area contributed by atoms with Gasteiger partial charge >= 0.3 is 5.97 Å². The van der Waals surface area contributed by atoms with E-state index in [1.54, 1.807) is 42.9 Å². The van der Waals surface area contributed by atoms with Crippen molar-refractivity contribution in [3.05, 3.63) is 126 Å². The highest BCUT2D eigenvalue weighted by Crippen LogP contribution is 2.35. The van der Waals surface area contributed by atoms with Gasteiger partial charge in [0.15, 0.2) is 4.80 Å². The fourth-order valence-corrected chi connectivity index (χ4v) is 5.52. The summed E-state index contributed by atoms with van der Waals surface area (Å²) < 4.78 is 13.0. The number of thiazole rings is 1. The Morgan fingerprint density at radius 3 is 2.46 bits per heavy atom. The highest BCUT2D eigenvalue weighted by Gasteiger charge is 2.35. The van der Waals surface area contributed by atoms with E-state index in [2.05, 4.69) is 0 Å². The number of carbonyl (C=O) groups is 1. The Morgan fingerprint density at radius 2 is 1.78 bits per heavy atom. The molecule has 0 saturated carbocycles. The number of carbonyl (C=O) groups excluding carboxylic acids is 1. The Labute approximate surface area is 222 Å². The van der Waals surface area contributed by atoms with Gasteiger partial charge in [-0.1, -0.05) is 83.6 Å². The first-order valence-electron chi connectivity index (χ1n) is 11.7. The van der Waals surface area contributed by atoms with Crippen molar-refractivity contribution in [2.75, 3.05) is 13.7 Å². The molecule has 0 unspecified atom stereocenters. The predicted molar refractivity (Wildman–Crippen MR) is 146 cm³/mol. The Hall–Kier alpha value is -3.94. The molecule has 5 rings (SSSR count). The van der Waals surface area contributed by atoms with Gasteiger partial charge < -0.3 is 9.47 Å². The summed E-state index contributed by atoms with van der Waals surface area (Å²) in [7, 11) is 1.56. The van der Waals surface area contributed by atoms with Crippen LogP contribution in [0.1, 0.15) is 29.7 Å². The molecule has 0 saturated heterocycles. The zero-order valence-electron chi connectivity index (χ0n) is 20.2. The maximum atomic E-state index is 13.9. The molecule has 1 aliphatic heterocycles. The number of methoxy groups -OCH3 is 1. The van der Waals surface area contributed by atoms with Crippen molar-refractivity contribution in [2.24, 2.45) is 4.99 Å². The lowest BCUT2D eigenvalue weighted by Gasteiger charge is -2.25. The summed E-state index contributed by atoms with van der Waals surface area (Å²) >= 11 is 7.47. The van der Waals surface area contributed by atoms with E-state index in [-0.39, 0.29) is 12.2 Å². The van der Waals surface area contributed by atoms with Crippen molar-refractivity contribution in [3.8, 4) is 5.75 Å². The normalized spacial score (nSPS) is 15.2. The molecule has 0 spiro atoms. The number of fused-ring (bicyclic) bond motifs is 1. The van der Waals surface area contributed by atoms with Gasteiger partial charge in [-0.15, -0.1) is 0 Å². The number of halogens is 1. The van der Waals surface area contributed by atoms with Crippen LogP contribution in [0.5, 0.6) is 5.75 Å². The smallest absolute Gasteiger partial charge is 0.338 e. The van der Waals surface area contributed by atoms with Crippen LogP contribution in [-0.2, 0) is 9.53 Å². The van der Waals surface area contributed by atoms with E-state index >= 15 is 0 Å². The molecule has 0 fully saturated rings. The van der Waals surface area contributed by atoms with E-state index in [1.165, 1.54) is 11.3 Å². The average molecular weight is 531 g/mol. The third-order valence-electron chi connectivity index (χ3n) is 5.97. The number of rotatable bonds is 6. The fourth-order valence-electron chi connectivity index (χ4n) is 4.35. The van der Waals surface area contributed by atoms with Gasteiger partial charge in [-0.05, 0) is 36.8 Å². The van der Waals surface area contributed by atoms with Crippen LogP contribution in [-0.4, -0.2) is 24.3 Å². The number of nitrogens with zero attached hydrogens (tertiary/aromatic N) is 2. The molecule has 0 radical (unpaired) electrons. The van der Waals surface area contributed by atoms with Gasteiger partial charge in [0.25, 0.3) is 5.56 Å². The van der Waals surface area contributed by atoms with Crippen LogP contribution in [0.25, 0.3) is 11.8 Å². The second-order valence-corrected chi connectivity index (χ2v) is 9.67. The first-order chi connectivity index (χ1) is 18.0. The lowest BCUT2D eigenvalue weighted by atomic mass is 9.93. The van der Waals surface area contributed by atoms with Crippen LogP contribution >= 0.6 is 22.9 Å². The van der Waals surface area contributed by atoms with Crippen LogP contribution in [0.3, 0.4) is 0 Å². The van der Waals surface area contributed by atoms with E-state index in [0.717, 1.165) is 11.1 Å².